The van der Waals surface area contributed by atoms with Gasteiger partial charge in [-0.25, -0.2) is 0 Å². The summed E-state index contributed by atoms with van der Waals surface area (Å²) in [7, 11) is 1.16. The molecule has 11 nitrogen and oxygen atoms in total. The number of rotatable bonds is 5. The monoisotopic (exact) mass is 557 g/mol. The predicted molar refractivity (Wildman–Crippen MR) is 147 cm³/mol. The predicted octanol–water partition coefficient (Wildman–Crippen LogP) is 3.88. The van der Waals surface area contributed by atoms with E-state index >= 15 is 0 Å². The molecule has 1 atom stereocenters. The van der Waals surface area contributed by atoms with Gasteiger partial charge in [-0.3, -0.25) is 14.4 Å². The highest BCUT2D eigenvalue weighted by Gasteiger charge is 2.33. The van der Waals surface area contributed by atoms with Crippen molar-refractivity contribution in [1.29, 1.82) is 0 Å². The van der Waals surface area contributed by atoms with E-state index in [0.717, 1.165) is 13.2 Å². The van der Waals surface area contributed by atoms with Crippen LogP contribution in [0.3, 0.4) is 0 Å². The normalized spacial score (nSPS) is 13.3. The van der Waals surface area contributed by atoms with Gasteiger partial charge in [-0.1, -0.05) is 30.3 Å². The number of esters is 1. The number of carbonyl (C=O) groups is 1. The maximum atomic E-state index is 13.5. The molecule has 0 fully saturated rings. The third-order valence-electron chi connectivity index (χ3n) is 7.05. The lowest BCUT2D eigenvalue weighted by Gasteiger charge is -2.22. The summed E-state index contributed by atoms with van der Waals surface area (Å²) < 4.78 is 22.2. The number of aromatic amines is 1. The molecule has 6 rings (SSSR count). The van der Waals surface area contributed by atoms with E-state index in [9.17, 15) is 29.7 Å². The highest BCUT2D eigenvalue weighted by Crippen LogP contribution is 2.49. The van der Waals surface area contributed by atoms with E-state index in [1.54, 1.807) is 42.5 Å². The third kappa shape index (κ3) is 4.37. The summed E-state index contributed by atoms with van der Waals surface area (Å²) in [6.07, 6.45) is -0.484. The van der Waals surface area contributed by atoms with E-state index in [2.05, 4.69) is 4.98 Å². The fourth-order valence-electron chi connectivity index (χ4n) is 5.08. The van der Waals surface area contributed by atoms with Gasteiger partial charge in [0.05, 0.1) is 19.0 Å². The number of pyridine rings is 1. The zero-order valence-corrected chi connectivity index (χ0v) is 21.6. The first-order chi connectivity index (χ1) is 19.8. The second-order valence-electron chi connectivity index (χ2n) is 9.47. The Hall–Kier alpha value is -5.45. The van der Waals surface area contributed by atoms with Crippen molar-refractivity contribution in [2.45, 2.75) is 12.3 Å². The first-order valence-corrected chi connectivity index (χ1v) is 12.6. The molecule has 0 amide bonds. The smallest absolute Gasteiger partial charge is 0.306 e. The van der Waals surface area contributed by atoms with Crippen LogP contribution in [0.25, 0.3) is 33.2 Å². The lowest BCUT2D eigenvalue weighted by molar-refractivity contribution is -0.140. The maximum absolute atomic E-state index is 13.5. The molecule has 0 saturated heterocycles. The molecule has 0 unspecified atom stereocenters. The molecule has 3 aromatic carbocycles. The number of carbonyl (C=O) groups excluding carboxylic acids is 1. The number of phenols is 3. The molecule has 5 aromatic rings. The lowest BCUT2D eigenvalue weighted by Crippen LogP contribution is -2.21. The molecule has 11 heteroatoms. The molecule has 3 heterocycles. The molecule has 1 aliphatic rings. The van der Waals surface area contributed by atoms with Crippen LogP contribution in [-0.2, 0) is 9.53 Å². The summed E-state index contributed by atoms with van der Waals surface area (Å²) in [5.41, 5.74) is -0.950. The number of fused-ring (bicyclic) bond motifs is 3. The average molecular weight is 558 g/mol. The molecule has 208 valence electrons. The van der Waals surface area contributed by atoms with Crippen LogP contribution in [-0.4, -0.2) is 46.6 Å². The van der Waals surface area contributed by atoms with Crippen LogP contribution >= 0.6 is 0 Å². The molecular weight excluding hydrogens is 534 g/mol. The Morgan fingerprint density at radius 2 is 1.66 bits per heavy atom. The Bertz CT molecular complexity index is 1960. The topological polar surface area (TPSA) is 169 Å². The zero-order valence-electron chi connectivity index (χ0n) is 21.6. The summed E-state index contributed by atoms with van der Waals surface area (Å²) in [4.78, 5) is 42.1. The van der Waals surface area contributed by atoms with Gasteiger partial charge in [0, 0.05) is 40.1 Å². The van der Waals surface area contributed by atoms with E-state index in [-0.39, 0.29) is 22.5 Å². The number of phenolic OH excluding ortho intramolecular Hbond substituents is 3. The number of aromatic nitrogens is 1. The molecular formula is C30H23NO10. The van der Waals surface area contributed by atoms with Crippen LogP contribution in [0, 0.1) is 0 Å². The lowest BCUT2D eigenvalue weighted by atomic mass is 9.86. The van der Waals surface area contributed by atoms with Crippen LogP contribution in [0.5, 0.6) is 28.7 Å². The van der Waals surface area contributed by atoms with E-state index in [1.807, 2.05) is 0 Å². The number of H-pyrrole nitrogens is 1. The molecule has 0 aliphatic carbocycles. The fraction of sp³-hybridized carbons (Fsp3) is 0.167. The quantitative estimate of drug-likeness (QED) is 0.184. The first-order valence-electron chi connectivity index (χ1n) is 12.6. The second kappa shape index (κ2) is 9.94. The number of nitrogens with one attached hydrogen (secondary N) is 1. The van der Waals surface area contributed by atoms with Crippen LogP contribution < -0.4 is 20.5 Å². The molecule has 0 saturated carbocycles. The summed E-state index contributed by atoms with van der Waals surface area (Å²) in [5, 5.41) is 32.5. The Morgan fingerprint density at radius 3 is 2.37 bits per heavy atom. The van der Waals surface area contributed by atoms with Crippen molar-refractivity contribution in [2.75, 3.05) is 20.3 Å². The van der Waals surface area contributed by atoms with Gasteiger partial charge < -0.3 is 38.9 Å². The van der Waals surface area contributed by atoms with E-state index in [1.165, 1.54) is 6.07 Å². The molecule has 2 aromatic heterocycles. The van der Waals surface area contributed by atoms with Gasteiger partial charge in [-0.15, -0.1) is 0 Å². The van der Waals surface area contributed by atoms with Crippen molar-refractivity contribution >= 4 is 27.8 Å². The van der Waals surface area contributed by atoms with Gasteiger partial charge in [-0.2, -0.15) is 0 Å². The van der Waals surface area contributed by atoms with Gasteiger partial charge in [0.25, 0.3) is 5.56 Å². The van der Waals surface area contributed by atoms with Crippen molar-refractivity contribution in [3.63, 3.8) is 0 Å². The number of hydrogen-bond donors (Lipinski definition) is 4. The largest absolute Gasteiger partial charge is 0.504 e. The van der Waals surface area contributed by atoms with Crippen LogP contribution in [0.15, 0.2) is 68.6 Å². The minimum atomic E-state index is -1.29. The summed E-state index contributed by atoms with van der Waals surface area (Å²) in [6.45, 7) is 0.698. The van der Waals surface area contributed by atoms with Crippen LogP contribution in [0.4, 0.5) is 0 Å². The summed E-state index contributed by atoms with van der Waals surface area (Å²) in [5.74, 6) is -3.78. The maximum Gasteiger partial charge on any atom is 0.306 e. The Balaban J connectivity index is 1.66. The molecule has 1 aliphatic heterocycles. The highest BCUT2D eigenvalue weighted by molar-refractivity contribution is 5.94. The summed E-state index contributed by atoms with van der Waals surface area (Å²) >= 11 is 0. The average Bonchev–Trinajstić information content (AvgIpc) is 2.98. The summed E-state index contributed by atoms with van der Waals surface area (Å²) in [6, 6.07) is 14.5. The minimum absolute atomic E-state index is 0.00553. The van der Waals surface area contributed by atoms with Gasteiger partial charge in [-0.05, 0) is 12.1 Å². The van der Waals surface area contributed by atoms with Crippen molar-refractivity contribution in [3.8, 4) is 40.1 Å². The van der Waals surface area contributed by atoms with E-state index in [4.69, 9.17) is 18.6 Å². The third-order valence-corrected chi connectivity index (χ3v) is 7.05. The minimum Gasteiger partial charge on any atom is -0.504 e. The van der Waals surface area contributed by atoms with Crippen molar-refractivity contribution in [3.05, 3.63) is 86.3 Å². The fourth-order valence-corrected chi connectivity index (χ4v) is 5.08. The zero-order chi connectivity index (χ0) is 28.8. The van der Waals surface area contributed by atoms with Crippen molar-refractivity contribution < 1.29 is 38.7 Å². The Labute approximate surface area is 230 Å². The standard InChI is InChI=1S/C30H23NO10/c1-38-23(33)11-16(17-9-15-10-21-22(40-8-7-39-21)12-18(15)31-30(17)37)24-26(34)28(36)27(35)25-19(32)13-20(41-29(24)25)14-5-3-2-4-6-14/h2-6,9-10,12-13,16,34-36H,7-8,11H2,1H3,(H,31,37)/t16-/m0/s1. The first kappa shape index (κ1) is 25.8. The number of benzene rings is 3. The second-order valence-corrected chi connectivity index (χ2v) is 9.47. The Morgan fingerprint density at radius 1 is 0.951 bits per heavy atom. The SMILES string of the molecule is COC(=O)C[C@@H](c1cc2cc3c(cc2[nH]c1=O)OCCO3)c1c(O)c(O)c(O)c2c(=O)cc(-c3ccccc3)oc12. The van der Waals surface area contributed by atoms with Crippen LogP contribution in [0.1, 0.15) is 23.5 Å². The van der Waals surface area contributed by atoms with Gasteiger partial charge in [0.2, 0.25) is 5.75 Å². The van der Waals surface area contributed by atoms with Gasteiger partial charge in [0.1, 0.15) is 29.9 Å². The number of aromatic hydroxyl groups is 3. The molecule has 0 bridgehead atoms. The Kier molecular flexibility index (Phi) is 6.26. The van der Waals surface area contributed by atoms with E-state index < -0.39 is 51.9 Å². The van der Waals surface area contributed by atoms with Gasteiger partial charge >= 0.3 is 5.97 Å². The van der Waals surface area contributed by atoms with Crippen LogP contribution in [0.2, 0.25) is 0 Å². The molecule has 0 spiro atoms. The number of methoxy groups -OCH3 is 1. The molecule has 0 radical (unpaired) electrons. The van der Waals surface area contributed by atoms with E-state index in [0.29, 0.717) is 41.2 Å². The molecule has 4 N–H and O–H groups in total. The number of ether oxygens (including phenoxy) is 3. The molecule has 41 heavy (non-hydrogen) atoms. The van der Waals surface area contributed by atoms with Crippen molar-refractivity contribution in [2.24, 2.45) is 0 Å². The van der Waals surface area contributed by atoms with Crippen molar-refractivity contribution in [1.82, 2.24) is 4.98 Å². The number of hydrogen-bond acceptors (Lipinski definition) is 10. The highest BCUT2D eigenvalue weighted by atomic mass is 16.6. The van der Waals surface area contributed by atoms with Gasteiger partial charge in [0.15, 0.2) is 28.4 Å².